The lowest BCUT2D eigenvalue weighted by Gasteiger charge is -2.28. The van der Waals surface area contributed by atoms with Crippen molar-refractivity contribution in [2.75, 3.05) is 6.61 Å². The van der Waals surface area contributed by atoms with Gasteiger partial charge in [0.25, 0.3) is 0 Å². The van der Waals surface area contributed by atoms with E-state index in [0.29, 0.717) is 24.4 Å². The molecule has 1 aliphatic heterocycles. The van der Waals surface area contributed by atoms with Gasteiger partial charge in [-0.25, -0.2) is 0 Å². The van der Waals surface area contributed by atoms with Gasteiger partial charge in [-0.15, -0.1) is 0 Å². The highest BCUT2D eigenvalue weighted by molar-refractivity contribution is 6.30. The molecule has 0 saturated heterocycles. The summed E-state index contributed by atoms with van der Waals surface area (Å²) >= 11 is 5.88. The summed E-state index contributed by atoms with van der Waals surface area (Å²) in [6.07, 6.45) is 3.57. The van der Waals surface area contributed by atoms with E-state index < -0.39 is 0 Å². The number of aromatic nitrogens is 2. The van der Waals surface area contributed by atoms with Gasteiger partial charge in [-0.05, 0) is 36.6 Å². The van der Waals surface area contributed by atoms with Crippen LogP contribution in [0.15, 0.2) is 36.5 Å². The quantitative estimate of drug-likeness (QED) is 0.933. The second-order valence-corrected chi connectivity index (χ2v) is 6.26. The van der Waals surface area contributed by atoms with Gasteiger partial charge in [-0.3, -0.25) is 9.48 Å². The van der Waals surface area contributed by atoms with E-state index in [2.05, 4.69) is 5.10 Å². The SMILES string of the molecule is O=C(CCc1ccc(Cl)cc1)N1Cc2ccnn2CC[C@H]1CO. The molecule has 1 N–H and O–H groups in total. The standard InChI is InChI=1S/C17H20ClN3O2/c18-14-4-1-13(2-5-14)3-6-17(23)20-11-15-7-9-19-21(15)10-8-16(20)12-22/h1-2,4-5,7,9,16,22H,3,6,8,10-12H2/t16-/m0/s1. The van der Waals surface area contributed by atoms with Crippen molar-refractivity contribution < 1.29 is 9.90 Å². The number of halogens is 1. The fourth-order valence-electron chi connectivity index (χ4n) is 2.95. The van der Waals surface area contributed by atoms with Crippen molar-refractivity contribution in [3.8, 4) is 0 Å². The molecule has 6 heteroatoms. The molecule has 122 valence electrons. The van der Waals surface area contributed by atoms with E-state index in [-0.39, 0.29) is 18.6 Å². The normalized spacial score (nSPS) is 17.7. The molecule has 2 aromatic rings. The first-order valence-corrected chi connectivity index (χ1v) is 8.20. The molecule has 1 amide bonds. The van der Waals surface area contributed by atoms with Crippen LogP contribution in [0.1, 0.15) is 24.1 Å². The largest absolute Gasteiger partial charge is 0.394 e. The van der Waals surface area contributed by atoms with E-state index in [1.165, 1.54) is 0 Å². The number of fused-ring (bicyclic) bond motifs is 1. The van der Waals surface area contributed by atoms with Crippen LogP contribution >= 0.6 is 11.6 Å². The van der Waals surface area contributed by atoms with E-state index in [4.69, 9.17) is 11.6 Å². The summed E-state index contributed by atoms with van der Waals surface area (Å²) in [5.74, 6) is 0.0636. The molecule has 5 nitrogen and oxygen atoms in total. The Labute approximate surface area is 140 Å². The van der Waals surface area contributed by atoms with Crippen molar-refractivity contribution in [2.24, 2.45) is 0 Å². The third-order valence-corrected chi connectivity index (χ3v) is 4.58. The average molecular weight is 334 g/mol. The van der Waals surface area contributed by atoms with Crippen LogP contribution < -0.4 is 0 Å². The van der Waals surface area contributed by atoms with Crippen LogP contribution in [0.3, 0.4) is 0 Å². The second-order valence-electron chi connectivity index (χ2n) is 5.82. The van der Waals surface area contributed by atoms with Gasteiger partial charge in [0.05, 0.1) is 24.9 Å². The Morgan fingerprint density at radius 3 is 2.83 bits per heavy atom. The molecule has 1 aromatic carbocycles. The zero-order chi connectivity index (χ0) is 16.2. The van der Waals surface area contributed by atoms with Gasteiger partial charge >= 0.3 is 0 Å². The average Bonchev–Trinajstić information content (AvgIpc) is 2.93. The first kappa shape index (κ1) is 16.0. The van der Waals surface area contributed by atoms with Crippen LogP contribution in [0.25, 0.3) is 0 Å². The van der Waals surface area contributed by atoms with E-state index in [1.54, 1.807) is 11.1 Å². The summed E-state index contributed by atoms with van der Waals surface area (Å²) in [4.78, 5) is 14.4. The third kappa shape index (κ3) is 3.74. The molecular formula is C17H20ClN3O2. The van der Waals surface area contributed by atoms with Crippen LogP contribution in [-0.4, -0.2) is 38.3 Å². The van der Waals surface area contributed by atoms with Crippen LogP contribution in [0.2, 0.25) is 5.02 Å². The minimum Gasteiger partial charge on any atom is -0.394 e. The number of aliphatic hydroxyl groups is 1. The third-order valence-electron chi connectivity index (χ3n) is 4.32. The van der Waals surface area contributed by atoms with Gasteiger partial charge in [-0.1, -0.05) is 23.7 Å². The lowest BCUT2D eigenvalue weighted by Crippen LogP contribution is -2.41. The van der Waals surface area contributed by atoms with Crippen molar-refractivity contribution in [3.05, 3.63) is 52.8 Å². The number of carbonyl (C=O) groups excluding carboxylic acids is 1. The summed E-state index contributed by atoms with van der Waals surface area (Å²) in [5, 5.41) is 14.6. The van der Waals surface area contributed by atoms with Crippen LogP contribution in [0.4, 0.5) is 0 Å². The van der Waals surface area contributed by atoms with Crippen LogP contribution in [0, 0.1) is 0 Å². The first-order chi connectivity index (χ1) is 11.2. The second kappa shape index (κ2) is 7.15. The Balaban J connectivity index is 1.67. The van der Waals surface area contributed by atoms with Gasteiger partial charge in [0.1, 0.15) is 0 Å². The summed E-state index contributed by atoms with van der Waals surface area (Å²) < 4.78 is 1.91. The number of hydrogen-bond acceptors (Lipinski definition) is 3. The molecule has 0 fully saturated rings. The maximum atomic E-state index is 12.7. The molecule has 1 aromatic heterocycles. The number of carbonyl (C=O) groups is 1. The number of aryl methyl sites for hydroxylation is 2. The summed E-state index contributed by atoms with van der Waals surface area (Å²) in [6.45, 7) is 1.22. The molecule has 0 spiro atoms. The molecule has 3 rings (SSSR count). The van der Waals surface area contributed by atoms with E-state index in [9.17, 15) is 9.90 Å². The molecule has 1 aliphatic rings. The monoisotopic (exact) mass is 333 g/mol. The van der Waals surface area contributed by atoms with Crippen LogP contribution in [0.5, 0.6) is 0 Å². The number of rotatable bonds is 4. The minimum absolute atomic E-state index is 0.0163. The molecule has 0 bridgehead atoms. The van der Waals surface area contributed by atoms with Crippen molar-refractivity contribution in [2.45, 2.75) is 38.4 Å². The molecule has 0 radical (unpaired) electrons. The van der Waals surface area contributed by atoms with Gasteiger partial charge in [-0.2, -0.15) is 5.10 Å². The highest BCUT2D eigenvalue weighted by atomic mass is 35.5. The van der Waals surface area contributed by atoms with Crippen molar-refractivity contribution in [1.82, 2.24) is 14.7 Å². The number of aliphatic hydroxyl groups excluding tert-OH is 1. The van der Waals surface area contributed by atoms with Crippen molar-refractivity contribution >= 4 is 17.5 Å². The predicted octanol–water partition coefficient (Wildman–Crippen LogP) is 2.26. The fraction of sp³-hybridized carbons (Fsp3) is 0.412. The predicted molar refractivity (Wildman–Crippen MR) is 88.0 cm³/mol. The Kier molecular flexibility index (Phi) is 4.98. The summed E-state index contributed by atoms with van der Waals surface area (Å²) in [6, 6.07) is 9.34. The van der Waals surface area contributed by atoms with Gasteiger partial charge in [0.15, 0.2) is 0 Å². The molecule has 2 heterocycles. The van der Waals surface area contributed by atoms with Gasteiger partial charge in [0.2, 0.25) is 5.91 Å². The lowest BCUT2D eigenvalue weighted by atomic mass is 10.1. The number of hydrogen-bond donors (Lipinski definition) is 1. The van der Waals surface area contributed by atoms with E-state index in [0.717, 1.165) is 24.2 Å². The topological polar surface area (TPSA) is 58.4 Å². The number of benzene rings is 1. The lowest BCUT2D eigenvalue weighted by molar-refractivity contribution is -0.135. The van der Waals surface area contributed by atoms with Crippen molar-refractivity contribution in [1.29, 1.82) is 0 Å². The zero-order valence-corrected chi connectivity index (χ0v) is 13.6. The molecule has 0 aliphatic carbocycles. The molecule has 0 unspecified atom stereocenters. The smallest absolute Gasteiger partial charge is 0.223 e. The summed E-state index contributed by atoms with van der Waals surface area (Å²) in [7, 11) is 0. The highest BCUT2D eigenvalue weighted by Crippen LogP contribution is 2.19. The minimum atomic E-state index is -0.144. The fourth-order valence-corrected chi connectivity index (χ4v) is 3.08. The maximum absolute atomic E-state index is 12.7. The van der Waals surface area contributed by atoms with Crippen molar-refractivity contribution in [3.63, 3.8) is 0 Å². The Bertz CT molecular complexity index is 669. The molecule has 0 saturated carbocycles. The van der Waals surface area contributed by atoms with E-state index in [1.807, 2.05) is 35.0 Å². The Morgan fingerprint density at radius 1 is 1.30 bits per heavy atom. The molecular weight excluding hydrogens is 314 g/mol. The van der Waals surface area contributed by atoms with Crippen LogP contribution in [-0.2, 0) is 24.3 Å². The highest BCUT2D eigenvalue weighted by Gasteiger charge is 2.27. The Hall–Kier alpha value is -1.85. The Morgan fingerprint density at radius 2 is 2.09 bits per heavy atom. The summed E-state index contributed by atoms with van der Waals surface area (Å²) in [5.41, 5.74) is 2.10. The maximum Gasteiger partial charge on any atom is 0.223 e. The van der Waals surface area contributed by atoms with E-state index >= 15 is 0 Å². The number of amides is 1. The van der Waals surface area contributed by atoms with Gasteiger partial charge in [0, 0.05) is 24.2 Å². The number of nitrogens with zero attached hydrogens (tertiary/aromatic N) is 3. The molecule has 1 atom stereocenters. The first-order valence-electron chi connectivity index (χ1n) is 7.83. The molecule has 23 heavy (non-hydrogen) atoms. The van der Waals surface area contributed by atoms with Gasteiger partial charge < -0.3 is 10.0 Å². The zero-order valence-electron chi connectivity index (χ0n) is 12.9.